The average Bonchev–Trinajstić information content (AvgIpc) is 2.83. The summed E-state index contributed by atoms with van der Waals surface area (Å²) in [6.45, 7) is 4.23. The molecule has 6 heteroatoms. The smallest absolute Gasteiger partial charge is 0.257 e. The van der Waals surface area contributed by atoms with Gasteiger partial charge in [0.25, 0.3) is 5.91 Å². The van der Waals surface area contributed by atoms with E-state index in [9.17, 15) is 4.79 Å². The van der Waals surface area contributed by atoms with Crippen molar-refractivity contribution in [2.45, 2.75) is 20.0 Å². The molecule has 0 bridgehead atoms. The predicted molar refractivity (Wildman–Crippen MR) is 137 cm³/mol. The van der Waals surface area contributed by atoms with Crippen LogP contribution in [0.1, 0.15) is 38.7 Å². The van der Waals surface area contributed by atoms with E-state index in [1.807, 2.05) is 48.5 Å². The third-order valence-electron chi connectivity index (χ3n) is 5.76. The Kier molecular flexibility index (Phi) is 6.79. The van der Waals surface area contributed by atoms with Crippen molar-refractivity contribution in [3.63, 3.8) is 0 Å². The normalized spacial score (nSPS) is 11.7. The molecule has 4 N–H and O–H groups in total. The summed E-state index contributed by atoms with van der Waals surface area (Å²) in [7, 11) is 0. The van der Waals surface area contributed by atoms with Gasteiger partial charge in [-0.2, -0.15) is 0 Å². The van der Waals surface area contributed by atoms with Crippen LogP contribution in [0.25, 0.3) is 10.8 Å². The highest BCUT2D eigenvalue weighted by atomic mass is 32.1. The Morgan fingerprint density at radius 2 is 1.61 bits per heavy atom. The van der Waals surface area contributed by atoms with E-state index >= 15 is 0 Å². The van der Waals surface area contributed by atoms with Gasteiger partial charge in [-0.25, -0.2) is 5.90 Å². The largest absolute Gasteiger partial charge is 0.332 e. The first kappa shape index (κ1) is 22.6. The Bertz CT molecular complexity index is 1300. The molecule has 0 aliphatic rings. The zero-order valence-electron chi connectivity index (χ0n) is 18.5. The van der Waals surface area contributed by atoms with E-state index in [1.54, 1.807) is 12.1 Å². The molecule has 0 spiro atoms. The fourth-order valence-electron chi connectivity index (χ4n) is 3.79. The van der Waals surface area contributed by atoms with E-state index in [-0.39, 0.29) is 11.0 Å². The lowest BCUT2D eigenvalue weighted by molar-refractivity contribution is 0.0814. The number of rotatable bonds is 5. The summed E-state index contributed by atoms with van der Waals surface area (Å²) in [5.74, 6) is 5.37. The van der Waals surface area contributed by atoms with Gasteiger partial charge in [0.15, 0.2) is 5.11 Å². The number of fused-ring (bicyclic) bond motifs is 1. The van der Waals surface area contributed by atoms with Crippen molar-refractivity contribution in [3.05, 3.63) is 113 Å². The van der Waals surface area contributed by atoms with Gasteiger partial charge in [0.1, 0.15) is 6.10 Å². The molecule has 0 aliphatic carbocycles. The Balaban J connectivity index is 1.49. The SMILES string of the molecule is Cc1ccc2cc(C(ON)c3ccc(C(=O)NC(=S)Nc4ccccc4)cc3)ccc2c1C. The van der Waals surface area contributed by atoms with Gasteiger partial charge in [0.05, 0.1) is 0 Å². The van der Waals surface area contributed by atoms with Gasteiger partial charge in [0, 0.05) is 11.3 Å². The molecule has 0 radical (unpaired) electrons. The minimum Gasteiger partial charge on any atom is -0.332 e. The quantitative estimate of drug-likeness (QED) is 0.271. The molecule has 0 heterocycles. The number of thiocarbonyl (C=S) groups is 1. The molecular formula is C27H25N3O2S. The number of amides is 1. The van der Waals surface area contributed by atoms with Crippen molar-refractivity contribution in [1.29, 1.82) is 0 Å². The van der Waals surface area contributed by atoms with E-state index in [2.05, 4.69) is 48.7 Å². The molecule has 0 saturated carbocycles. The minimum absolute atomic E-state index is 0.236. The second kappa shape index (κ2) is 9.92. The Hall–Kier alpha value is -3.58. The number of carbonyl (C=O) groups excluding carboxylic acids is 1. The van der Waals surface area contributed by atoms with Crippen LogP contribution in [0.5, 0.6) is 0 Å². The van der Waals surface area contributed by atoms with Crippen LogP contribution in [-0.2, 0) is 4.84 Å². The number of nitrogens with two attached hydrogens (primary N) is 1. The van der Waals surface area contributed by atoms with Gasteiger partial charge in [-0.1, -0.05) is 54.6 Å². The third kappa shape index (κ3) is 5.09. The molecule has 1 atom stereocenters. The lowest BCUT2D eigenvalue weighted by Gasteiger charge is -2.17. The summed E-state index contributed by atoms with van der Waals surface area (Å²) >= 11 is 5.24. The van der Waals surface area contributed by atoms with E-state index in [0.29, 0.717) is 5.56 Å². The summed E-state index contributed by atoms with van der Waals surface area (Å²) in [4.78, 5) is 17.9. The fourth-order valence-corrected chi connectivity index (χ4v) is 4.00. The van der Waals surface area contributed by atoms with Crippen molar-refractivity contribution in [2.24, 2.45) is 5.90 Å². The van der Waals surface area contributed by atoms with Crippen molar-refractivity contribution in [1.82, 2.24) is 5.32 Å². The number of carbonyl (C=O) groups is 1. The summed E-state index contributed by atoms with van der Waals surface area (Å²) in [6, 6.07) is 27.0. The first-order chi connectivity index (χ1) is 16.0. The van der Waals surface area contributed by atoms with Gasteiger partial charge in [-0.05, 0) is 89.4 Å². The summed E-state index contributed by atoms with van der Waals surface area (Å²) in [6.07, 6.45) is -0.450. The Labute approximate surface area is 198 Å². The zero-order valence-corrected chi connectivity index (χ0v) is 19.3. The van der Waals surface area contributed by atoms with Crippen LogP contribution in [0.15, 0.2) is 84.9 Å². The molecule has 0 aromatic heterocycles. The highest BCUT2D eigenvalue weighted by Gasteiger charge is 2.16. The highest BCUT2D eigenvalue weighted by Crippen LogP contribution is 2.29. The van der Waals surface area contributed by atoms with Crippen LogP contribution in [0.2, 0.25) is 0 Å². The fraction of sp³-hybridized carbons (Fsp3) is 0.111. The van der Waals surface area contributed by atoms with Crippen LogP contribution in [0, 0.1) is 13.8 Å². The van der Waals surface area contributed by atoms with Crippen molar-refractivity contribution >= 4 is 39.7 Å². The van der Waals surface area contributed by atoms with Crippen LogP contribution in [0.3, 0.4) is 0 Å². The van der Waals surface area contributed by atoms with Crippen LogP contribution in [-0.4, -0.2) is 11.0 Å². The molecule has 4 rings (SSSR count). The minimum atomic E-state index is -0.450. The number of aryl methyl sites for hydroxylation is 2. The molecular weight excluding hydrogens is 430 g/mol. The molecule has 33 heavy (non-hydrogen) atoms. The lowest BCUT2D eigenvalue weighted by atomic mass is 9.95. The first-order valence-corrected chi connectivity index (χ1v) is 11.0. The number of nitrogens with one attached hydrogen (secondary N) is 2. The Morgan fingerprint density at radius 1 is 0.909 bits per heavy atom. The van der Waals surface area contributed by atoms with Crippen molar-refractivity contribution in [3.8, 4) is 0 Å². The monoisotopic (exact) mass is 455 g/mol. The van der Waals surface area contributed by atoms with Crippen LogP contribution < -0.4 is 16.5 Å². The maximum absolute atomic E-state index is 12.6. The number of anilines is 1. The van der Waals surface area contributed by atoms with Crippen LogP contribution >= 0.6 is 12.2 Å². The molecule has 166 valence electrons. The van der Waals surface area contributed by atoms with Gasteiger partial charge >= 0.3 is 0 Å². The molecule has 1 amide bonds. The number of hydrogen-bond donors (Lipinski definition) is 3. The molecule has 4 aromatic rings. The number of benzene rings is 4. The predicted octanol–water partition coefficient (Wildman–Crippen LogP) is 5.56. The van der Waals surface area contributed by atoms with Gasteiger partial charge in [0.2, 0.25) is 0 Å². The molecule has 4 aromatic carbocycles. The van der Waals surface area contributed by atoms with E-state index in [0.717, 1.165) is 22.2 Å². The van der Waals surface area contributed by atoms with Gasteiger partial charge in [-0.3, -0.25) is 14.9 Å². The standard InChI is InChI=1S/C27H25N3O2S/c1-17-8-9-21-16-22(14-15-24(21)18(17)2)25(32-28)19-10-12-20(13-11-19)26(31)30-27(33)29-23-6-4-3-5-7-23/h3-16,25H,28H2,1-2H3,(H2,29,30,31,33). The molecule has 5 nitrogen and oxygen atoms in total. The Morgan fingerprint density at radius 3 is 2.30 bits per heavy atom. The second-order valence-corrected chi connectivity index (χ2v) is 8.31. The van der Waals surface area contributed by atoms with E-state index in [1.165, 1.54) is 16.5 Å². The molecule has 0 fully saturated rings. The molecule has 1 unspecified atom stereocenters. The average molecular weight is 456 g/mol. The van der Waals surface area contributed by atoms with E-state index in [4.69, 9.17) is 23.0 Å². The highest BCUT2D eigenvalue weighted by molar-refractivity contribution is 7.80. The summed E-state index contributed by atoms with van der Waals surface area (Å²) in [5.41, 5.74) is 5.60. The van der Waals surface area contributed by atoms with Crippen LogP contribution in [0.4, 0.5) is 5.69 Å². The van der Waals surface area contributed by atoms with Crippen molar-refractivity contribution < 1.29 is 9.63 Å². The zero-order chi connectivity index (χ0) is 23.4. The second-order valence-electron chi connectivity index (χ2n) is 7.90. The first-order valence-electron chi connectivity index (χ1n) is 10.6. The maximum atomic E-state index is 12.6. The summed E-state index contributed by atoms with van der Waals surface area (Å²) in [5, 5.41) is 8.26. The maximum Gasteiger partial charge on any atom is 0.257 e. The number of para-hydroxylation sites is 1. The van der Waals surface area contributed by atoms with Gasteiger partial charge in [-0.15, -0.1) is 0 Å². The van der Waals surface area contributed by atoms with Crippen molar-refractivity contribution in [2.75, 3.05) is 5.32 Å². The third-order valence-corrected chi connectivity index (χ3v) is 5.96. The molecule has 0 saturated heterocycles. The van der Waals surface area contributed by atoms with Gasteiger partial charge < -0.3 is 5.32 Å². The van der Waals surface area contributed by atoms with E-state index < -0.39 is 6.10 Å². The molecule has 0 aliphatic heterocycles. The topological polar surface area (TPSA) is 76.4 Å². The number of hydrogen-bond acceptors (Lipinski definition) is 4. The lowest BCUT2D eigenvalue weighted by Crippen LogP contribution is -2.34. The summed E-state index contributed by atoms with van der Waals surface area (Å²) < 4.78 is 0.